The average Bonchev–Trinajstić information content (AvgIpc) is 2.96. The Balaban J connectivity index is 1.69. The first kappa shape index (κ1) is 13.8. The van der Waals surface area contributed by atoms with Gasteiger partial charge in [-0.05, 0) is 30.7 Å². The molecule has 0 N–H and O–H groups in total. The van der Waals surface area contributed by atoms with Crippen molar-refractivity contribution in [2.75, 3.05) is 26.9 Å². The van der Waals surface area contributed by atoms with Crippen molar-refractivity contribution in [3.05, 3.63) is 29.8 Å². The summed E-state index contributed by atoms with van der Waals surface area (Å²) >= 11 is 0. The molecular formula is C14H18O5. The first-order valence-corrected chi connectivity index (χ1v) is 6.34. The standard InChI is InChI=1S/C14H18O5/c1-16-14(15)11-4-6-12(7-5-11)17-8-2-3-13-18-9-10-19-13/h4-7,13H,2-3,8-10H2,1H3. The maximum atomic E-state index is 11.2. The van der Waals surface area contributed by atoms with Crippen LogP contribution in [0.15, 0.2) is 24.3 Å². The molecular weight excluding hydrogens is 248 g/mol. The second-order valence-corrected chi connectivity index (χ2v) is 4.18. The normalized spacial score (nSPS) is 15.4. The highest BCUT2D eigenvalue weighted by Gasteiger charge is 2.14. The third kappa shape index (κ3) is 4.22. The number of hydrogen-bond donors (Lipinski definition) is 0. The van der Waals surface area contributed by atoms with E-state index in [1.165, 1.54) is 7.11 Å². The molecule has 1 aliphatic heterocycles. The predicted octanol–water partition coefficient (Wildman–Crippen LogP) is 2.01. The van der Waals surface area contributed by atoms with Gasteiger partial charge in [0, 0.05) is 6.42 Å². The van der Waals surface area contributed by atoms with Crippen LogP contribution in [0.2, 0.25) is 0 Å². The molecule has 5 nitrogen and oxygen atoms in total. The van der Waals surface area contributed by atoms with Crippen molar-refractivity contribution in [1.29, 1.82) is 0 Å². The second-order valence-electron chi connectivity index (χ2n) is 4.18. The molecule has 0 radical (unpaired) electrons. The van der Waals surface area contributed by atoms with Gasteiger partial charge in [0.25, 0.3) is 0 Å². The Hall–Kier alpha value is -1.59. The number of hydrogen-bond acceptors (Lipinski definition) is 5. The van der Waals surface area contributed by atoms with Crippen molar-refractivity contribution < 1.29 is 23.7 Å². The average molecular weight is 266 g/mol. The Morgan fingerprint density at radius 3 is 2.58 bits per heavy atom. The summed E-state index contributed by atoms with van der Waals surface area (Å²) in [7, 11) is 1.36. The van der Waals surface area contributed by atoms with Gasteiger partial charge in [0.1, 0.15) is 5.75 Å². The van der Waals surface area contributed by atoms with E-state index in [-0.39, 0.29) is 12.3 Å². The highest BCUT2D eigenvalue weighted by atomic mass is 16.7. The lowest BCUT2D eigenvalue weighted by Crippen LogP contribution is -2.09. The van der Waals surface area contributed by atoms with Crippen molar-refractivity contribution >= 4 is 5.97 Å². The SMILES string of the molecule is COC(=O)c1ccc(OCCCC2OCCO2)cc1. The molecule has 5 heteroatoms. The van der Waals surface area contributed by atoms with E-state index in [0.29, 0.717) is 25.4 Å². The minimum Gasteiger partial charge on any atom is -0.494 e. The summed E-state index contributed by atoms with van der Waals surface area (Å²) in [6, 6.07) is 6.89. The molecule has 1 aliphatic rings. The highest BCUT2D eigenvalue weighted by Crippen LogP contribution is 2.14. The second kappa shape index (κ2) is 7.11. The van der Waals surface area contributed by atoms with Gasteiger partial charge in [-0.2, -0.15) is 0 Å². The zero-order valence-corrected chi connectivity index (χ0v) is 11.0. The smallest absolute Gasteiger partial charge is 0.337 e. The Morgan fingerprint density at radius 1 is 1.26 bits per heavy atom. The summed E-state index contributed by atoms with van der Waals surface area (Å²) in [5.74, 6) is 0.392. The van der Waals surface area contributed by atoms with Gasteiger partial charge < -0.3 is 18.9 Å². The molecule has 104 valence electrons. The van der Waals surface area contributed by atoms with E-state index in [9.17, 15) is 4.79 Å². The molecule has 0 aromatic heterocycles. The van der Waals surface area contributed by atoms with Gasteiger partial charge in [-0.1, -0.05) is 0 Å². The van der Waals surface area contributed by atoms with E-state index in [1.54, 1.807) is 24.3 Å². The van der Waals surface area contributed by atoms with Crippen LogP contribution < -0.4 is 4.74 Å². The molecule has 0 amide bonds. The van der Waals surface area contributed by atoms with E-state index in [0.717, 1.165) is 18.6 Å². The molecule has 1 fully saturated rings. The minimum atomic E-state index is -0.345. The van der Waals surface area contributed by atoms with E-state index in [2.05, 4.69) is 4.74 Å². The number of methoxy groups -OCH3 is 1. The Bertz CT molecular complexity index is 395. The molecule has 0 unspecified atom stereocenters. The van der Waals surface area contributed by atoms with Crippen molar-refractivity contribution in [2.24, 2.45) is 0 Å². The Labute approximate surface area is 112 Å². The number of carbonyl (C=O) groups is 1. The molecule has 0 spiro atoms. The summed E-state index contributed by atoms with van der Waals surface area (Å²) in [5.41, 5.74) is 0.516. The van der Waals surface area contributed by atoms with Crippen LogP contribution in [0.1, 0.15) is 23.2 Å². The van der Waals surface area contributed by atoms with Crippen LogP contribution in [0, 0.1) is 0 Å². The molecule has 1 saturated heterocycles. The van der Waals surface area contributed by atoms with Gasteiger partial charge in [-0.15, -0.1) is 0 Å². The molecule has 19 heavy (non-hydrogen) atoms. The zero-order valence-electron chi connectivity index (χ0n) is 11.0. The molecule has 2 rings (SSSR count). The van der Waals surface area contributed by atoms with Gasteiger partial charge in [0.15, 0.2) is 6.29 Å². The number of esters is 1. The first-order valence-electron chi connectivity index (χ1n) is 6.34. The highest BCUT2D eigenvalue weighted by molar-refractivity contribution is 5.89. The summed E-state index contributed by atoms with van der Waals surface area (Å²) < 4.78 is 20.9. The van der Waals surface area contributed by atoms with E-state index in [1.807, 2.05) is 0 Å². The largest absolute Gasteiger partial charge is 0.494 e. The minimum absolute atomic E-state index is 0.0784. The molecule has 0 aliphatic carbocycles. The van der Waals surface area contributed by atoms with Crippen LogP contribution in [0.3, 0.4) is 0 Å². The lowest BCUT2D eigenvalue weighted by molar-refractivity contribution is -0.0493. The fourth-order valence-electron chi connectivity index (χ4n) is 1.82. The van der Waals surface area contributed by atoms with Crippen LogP contribution in [-0.4, -0.2) is 39.2 Å². The molecule has 1 aromatic carbocycles. The summed E-state index contributed by atoms with van der Waals surface area (Å²) in [6.07, 6.45) is 1.62. The quantitative estimate of drug-likeness (QED) is 0.582. The third-order valence-electron chi connectivity index (χ3n) is 2.82. The summed E-state index contributed by atoms with van der Waals surface area (Å²) in [6.45, 7) is 1.96. The summed E-state index contributed by atoms with van der Waals surface area (Å²) in [5, 5.41) is 0. The summed E-state index contributed by atoms with van der Waals surface area (Å²) in [4.78, 5) is 11.2. The lowest BCUT2D eigenvalue weighted by Gasteiger charge is -2.10. The molecule has 1 aromatic rings. The topological polar surface area (TPSA) is 54.0 Å². The van der Waals surface area contributed by atoms with Crippen LogP contribution in [0.5, 0.6) is 5.75 Å². The van der Waals surface area contributed by atoms with Gasteiger partial charge >= 0.3 is 5.97 Å². The van der Waals surface area contributed by atoms with E-state index < -0.39 is 0 Å². The molecule has 0 bridgehead atoms. The van der Waals surface area contributed by atoms with Crippen molar-refractivity contribution in [1.82, 2.24) is 0 Å². The van der Waals surface area contributed by atoms with E-state index >= 15 is 0 Å². The Morgan fingerprint density at radius 2 is 1.95 bits per heavy atom. The van der Waals surface area contributed by atoms with Crippen LogP contribution in [0.4, 0.5) is 0 Å². The molecule has 0 atom stereocenters. The van der Waals surface area contributed by atoms with Crippen molar-refractivity contribution in [2.45, 2.75) is 19.1 Å². The first-order chi connectivity index (χ1) is 9.29. The van der Waals surface area contributed by atoms with Crippen LogP contribution in [-0.2, 0) is 14.2 Å². The van der Waals surface area contributed by atoms with Gasteiger partial charge in [0.05, 0.1) is 32.5 Å². The van der Waals surface area contributed by atoms with Crippen molar-refractivity contribution in [3.63, 3.8) is 0 Å². The predicted molar refractivity (Wildman–Crippen MR) is 68.2 cm³/mol. The Kier molecular flexibility index (Phi) is 5.18. The maximum Gasteiger partial charge on any atom is 0.337 e. The number of benzene rings is 1. The van der Waals surface area contributed by atoms with Gasteiger partial charge in [-0.25, -0.2) is 4.79 Å². The lowest BCUT2D eigenvalue weighted by atomic mass is 10.2. The molecule has 1 heterocycles. The fraction of sp³-hybridized carbons (Fsp3) is 0.500. The number of rotatable bonds is 6. The monoisotopic (exact) mass is 266 g/mol. The third-order valence-corrected chi connectivity index (χ3v) is 2.82. The fourth-order valence-corrected chi connectivity index (χ4v) is 1.82. The van der Waals surface area contributed by atoms with Gasteiger partial charge in [0.2, 0.25) is 0 Å². The zero-order chi connectivity index (χ0) is 13.5. The van der Waals surface area contributed by atoms with Crippen LogP contribution in [0.25, 0.3) is 0 Å². The van der Waals surface area contributed by atoms with E-state index in [4.69, 9.17) is 14.2 Å². The molecule has 0 saturated carbocycles. The maximum absolute atomic E-state index is 11.2. The number of ether oxygens (including phenoxy) is 4. The van der Waals surface area contributed by atoms with Gasteiger partial charge in [-0.3, -0.25) is 0 Å². The van der Waals surface area contributed by atoms with Crippen molar-refractivity contribution in [3.8, 4) is 5.75 Å². The number of carbonyl (C=O) groups excluding carboxylic acids is 1. The van der Waals surface area contributed by atoms with Crippen LogP contribution >= 0.6 is 0 Å².